The van der Waals surface area contributed by atoms with Gasteiger partial charge in [0.25, 0.3) is 0 Å². The Morgan fingerprint density at radius 1 is 0.800 bits per heavy atom. The molecule has 3 N–H and O–H groups in total. The summed E-state index contributed by atoms with van der Waals surface area (Å²) in [5.41, 5.74) is 0. The van der Waals surface area contributed by atoms with Crippen molar-refractivity contribution in [2.75, 3.05) is 19.6 Å². The van der Waals surface area contributed by atoms with Crippen LogP contribution in [0, 0.1) is 0 Å². The third-order valence-electron chi connectivity index (χ3n) is 5.69. The van der Waals surface area contributed by atoms with Gasteiger partial charge in [0, 0.05) is 25.2 Å². The van der Waals surface area contributed by atoms with Gasteiger partial charge in [0.1, 0.15) is 0 Å². The van der Waals surface area contributed by atoms with Crippen LogP contribution >= 0.6 is 12.4 Å². The summed E-state index contributed by atoms with van der Waals surface area (Å²) in [7, 11) is 0. The summed E-state index contributed by atoms with van der Waals surface area (Å²) in [6, 6.07) is 0.522. The Morgan fingerprint density at radius 3 is 2.00 bits per heavy atom. The Bertz CT molecular complexity index is 429. The summed E-state index contributed by atoms with van der Waals surface area (Å²) in [5.74, 6) is 0.250. The number of urea groups is 1. The molecule has 0 aromatic rings. The van der Waals surface area contributed by atoms with Crippen LogP contribution < -0.4 is 16.0 Å². The van der Waals surface area contributed by atoms with E-state index in [1.165, 1.54) is 25.7 Å². The average molecular weight is 373 g/mol. The number of rotatable bonds is 3. The van der Waals surface area contributed by atoms with Crippen molar-refractivity contribution in [3.05, 3.63) is 0 Å². The number of likely N-dealkylation sites (tertiary alicyclic amines) is 1. The zero-order valence-corrected chi connectivity index (χ0v) is 15.9. The van der Waals surface area contributed by atoms with Gasteiger partial charge >= 0.3 is 6.03 Å². The van der Waals surface area contributed by atoms with Crippen molar-refractivity contribution < 1.29 is 9.59 Å². The summed E-state index contributed by atoms with van der Waals surface area (Å²) in [4.78, 5) is 26.6. The molecule has 1 atom stereocenters. The van der Waals surface area contributed by atoms with Crippen molar-refractivity contribution >= 4 is 24.3 Å². The van der Waals surface area contributed by atoms with Gasteiger partial charge in [-0.2, -0.15) is 0 Å². The molecule has 2 saturated heterocycles. The summed E-state index contributed by atoms with van der Waals surface area (Å²) in [5, 5.41) is 9.55. The molecule has 2 aliphatic heterocycles. The van der Waals surface area contributed by atoms with Crippen LogP contribution in [-0.4, -0.2) is 54.6 Å². The molecule has 144 valence electrons. The molecule has 1 unspecified atom stereocenters. The van der Waals surface area contributed by atoms with Crippen LogP contribution in [0.25, 0.3) is 0 Å². The van der Waals surface area contributed by atoms with E-state index < -0.39 is 0 Å². The van der Waals surface area contributed by atoms with E-state index in [-0.39, 0.29) is 36.4 Å². The molecule has 1 aliphatic carbocycles. The van der Waals surface area contributed by atoms with E-state index in [9.17, 15) is 9.59 Å². The Balaban J connectivity index is 0.00000225. The second-order valence-corrected chi connectivity index (χ2v) is 7.55. The van der Waals surface area contributed by atoms with Crippen molar-refractivity contribution in [1.29, 1.82) is 0 Å². The van der Waals surface area contributed by atoms with E-state index >= 15 is 0 Å². The Labute approximate surface area is 157 Å². The van der Waals surface area contributed by atoms with Gasteiger partial charge in [-0.15, -0.1) is 12.4 Å². The summed E-state index contributed by atoms with van der Waals surface area (Å²) >= 11 is 0. The smallest absolute Gasteiger partial charge is 0.315 e. The molecule has 0 spiro atoms. The molecule has 3 fully saturated rings. The van der Waals surface area contributed by atoms with Crippen LogP contribution in [0.3, 0.4) is 0 Å². The van der Waals surface area contributed by atoms with Crippen LogP contribution in [0.4, 0.5) is 4.79 Å². The number of nitrogens with zero attached hydrogens (tertiary/aromatic N) is 1. The number of hydrogen-bond donors (Lipinski definition) is 3. The second kappa shape index (κ2) is 10.2. The first-order chi connectivity index (χ1) is 11.7. The quantitative estimate of drug-likeness (QED) is 0.710. The maximum absolute atomic E-state index is 12.5. The first-order valence-corrected chi connectivity index (χ1v) is 9.81. The molecule has 1 saturated carbocycles. The van der Waals surface area contributed by atoms with Gasteiger partial charge in [-0.3, -0.25) is 4.79 Å². The number of halogens is 1. The maximum atomic E-state index is 12.5. The third kappa shape index (κ3) is 6.03. The van der Waals surface area contributed by atoms with Gasteiger partial charge in [0.05, 0.1) is 6.04 Å². The predicted molar refractivity (Wildman–Crippen MR) is 101 cm³/mol. The van der Waals surface area contributed by atoms with E-state index in [0.29, 0.717) is 6.04 Å². The molecule has 7 heteroatoms. The lowest BCUT2D eigenvalue weighted by Gasteiger charge is -2.36. The summed E-state index contributed by atoms with van der Waals surface area (Å²) < 4.78 is 0. The topological polar surface area (TPSA) is 73.5 Å². The summed E-state index contributed by atoms with van der Waals surface area (Å²) in [6.45, 7) is 2.46. The molecular formula is C18H33ClN4O2. The van der Waals surface area contributed by atoms with E-state index in [1.807, 2.05) is 4.90 Å². The SMILES string of the molecule is Cl.O=C(NC1CCCCC1)NC1CCN(C(=O)C2CCCCN2)CC1. The largest absolute Gasteiger partial charge is 0.341 e. The molecule has 3 aliphatic rings. The van der Waals surface area contributed by atoms with Crippen LogP contribution in [-0.2, 0) is 4.79 Å². The molecule has 0 radical (unpaired) electrons. The number of amides is 3. The van der Waals surface area contributed by atoms with E-state index in [1.54, 1.807) is 0 Å². The number of piperidine rings is 2. The van der Waals surface area contributed by atoms with Gasteiger partial charge in [0.15, 0.2) is 0 Å². The van der Waals surface area contributed by atoms with Gasteiger partial charge in [-0.25, -0.2) is 4.79 Å². The molecule has 0 aromatic carbocycles. The van der Waals surface area contributed by atoms with Crippen molar-refractivity contribution in [1.82, 2.24) is 20.9 Å². The van der Waals surface area contributed by atoms with Crippen molar-refractivity contribution in [2.24, 2.45) is 0 Å². The lowest BCUT2D eigenvalue weighted by molar-refractivity contribution is -0.135. The molecular weight excluding hydrogens is 340 g/mol. The zero-order valence-electron chi connectivity index (χ0n) is 15.1. The van der Waals surface area contributed by atoms with Gasteiger partial charge in [-0.05, 0) is 45.1 Å². The predicted octanol–water partition coefficient (Wildman–Crippen LogP) is 2.17. The molecule has 3 rings (SSSR count). The number of nitrogens with one attached hydrogen (secondary N) is 3. The van der Waals surface area contributed by atoms with E-state index in [2.05, 4.69) is 16.0 Å². The summed E-state index contributed by atoms with van der Waals surface area (Å²) in [6.07, 6.45) is 10.9. The fourth-order valence-corrected chi connectivity index (χ4v) is 4.19. The highest BCUT2D eigenvalue weighted by Gasteiger charge is 2.29. The molecule has 2 heterocycles. The lowest BCUT2D eigenvalue weighted by Crippen LogP contribution is -2.54. The highest BCUT2D eigenvalue weighted by molar-refractivity contribution is 5.85. The van der Waals surface area contributed by atoms with Crippen molar-refractivity contribution in [3.63, 3.8) is 0 Å². The van der Waals surface area contributed by atoms with E-state index in [4.69, 9.17) is 0 Å². The first kappa shape index (κ1) is 20.3. The Hall–Kier alpha value is -1.01. The fraction of sp³-hybridized carbons (Fsp3) is 0.889. The van der Waals surface area contributed by atoms with Crippen LogP contribution in [0.5, 0.6) is 0 Å². The fourth-order valence-electron chi connectivity index (χ4n) is 4.19. The Kier molecular flexibility index (Phi) is 8.30. The molecule has 0 aromatic heterocycles. The van der Waals surface area contributed by atoms with Crippen molar-refractivity contribution in [2.45, 2.75) is 82.3 Å². The molecule has 3 amide bonds. The van der Waals surface area contributed by atoms with Gasteiger partial charge in [0.2, 0.25) is 5.91 Å². The maximum Gasteiger partial charge on any atom is 0.315 e. The normalized spacial score (nSPS) is 25.8. The number of carbonyl (C=O) groups excluding carboxylic acids is 2. The highest BCUT2D eigenvalue weighted by Crippen LogP contribution is 2.18. The monoisotopic (exact) mass is 372 g/mol. The van der Waals surface area contributed by atoms with Crippen molar-refractivity contribution in [3.8, 4) is 0 Å². The van der Waals surface area contributed by atoms with Crippen LogP contribution in [0.1, 0.15) is 64.2 Å². The number of hydrogen-bond acceptors (Lipinski definition) is 3. The molecule has 6 nitrogen and oxygen atoms in total. The second-order valence-electron chi connectivity index (χ2n) is 7.55. The average Bonchev–Trinajstić information content (AvgIpc) is 2.63. The minimum Gasteiger partial charge on any atom is -0.341 e. The molecule has 0 bridgehead atoms. The zero-order chi connectivity index (χ0) is 16.8. The highest BCUT2D eigenvalue weighted by atomic mass is 35.5. The molecule has 25 heavy (non-hydrogen) atoms. The van der Waals surface area contributed by atoms with Crippen LogP contribution in [0.2, 0.25) is 0 Å². The minimum atomic E-state index is -0.0272. The van der Waals surface area contributed by atoms with Gasteiger partial charge < -0.3 is 20.9 Å². The third-order valence-corrected chi connectivity index (χ3v) is 5.69. The lowest BCUT2D eigenvalue weighted by atomic mass is 9.96. The number of carbonyl (C=O) groups is 2. The first-order valence-electron chi connectivity index (χ1n) is 9.81. The van der Waals surface area contributed by atoms with Crippen LogP contribution in [0.15, 0.2) is 0 Å². The standard InChI is InChI=1S/C18H32N4O2.ClH/c23-17(16-8-4-5-11-19-16)22-12-9-15(10-13-22)21-18(24)20-14-6-2-1-3-7-14;/h14-16,19H,1-13H2,(H2,20,21,24);1H. The minimum absolute atomic E-state index is 0. The van der Waals surface area contributed by atoms with E-state index in [0.717, 1.165) is 58.2 Å². The Morgan fingerprint density at radius 2 is 1.40 bits per heavy atom. The van der Waals surface area contributed by atoms with Gasteiger partial charge in [-0.1, -0.05) is 25.7 Å².